The summed E-state index contributed by atoms with van der Waals surface area (Å²) in [4.78, 5) is 12.1. The van der Waals surface area contributed by atoms with E-state index in [1.54, 1.807) is 18.9 Å². The van der Waals surface area contributed by atoms with Gasteiger partial charge in [0.1, 0.15) is 5.75 Å². The second-order valence-electron chi connectivity index (χ2n) is 4.70. The van der Waals surface area contributed by atoms with Crippen LogP contribution in [0.5, 0.6) is 5.75 Å². The summed E-state index contributed by atoms with van der Waals surface area (Å²) in [6.07, 6.45) is 0.884. The summed E-state index contributed by atoms with van der Waals surface area (Å²) in [5.41, 5.74) is 1.16. The molecular formula is C17H18O3S. The Balaban J connectivity index is 2.06. The lowest BCUT2D eigenvalue weighted by Crippen LogP contribution is -2.13. The molecule has 2 rings (SSSR count). The summed E-state index contributed by atoms with van der Waals surface area (Å²) in [5, 5.41) is 9.10. The van der Waals surface area contributed by atoms with E-state index in [1.165, 1.54) is 0 Å². The largest absolute Gasteiger partial charge is 0.497 e. The lowest BCUT2D eigenvalue weighted by molar-refractivity contribution is -0.136. The van der Waals surface area contributed by atoms with Crippen LogP contribution in [-0.2, 0) is 11.2 Å². The predicted octanol–water partition coefficient (Wildman–Crippen LogP) is 3.87. The Labute approximate surface area is 129 Å². The number of hydrogen-bond acceptors (Lipinski definition) is 3. The molecule has 0 aliphatic carbocycles. The fraction of sp³-hybridized carbons (Fsp3) is 0.235. The Morgan fingerprint density at radius 1 is 1.14 bits per heavy atom. The highest BCUT2D eigenvalue weighted by Crippen LogP contribution is 2.29. The van der Waals surface area contributed by atoms with E-state index < -0.39 is 5.97 Å². The van der Waals surface area contributed by atoms with Gasteiger partial charge in [-0.3, -0.25) is 4.79 Å². The number of aliphatic carboxylic acids is 1. The van der Waals surface area contributed by atoms with Gasteiger partial charge in [-0.25, -0.2) is 0 Å². The Hall–Kier alpha value is -1.94. The van der Waals surface area contributed by atoms with E-state index in [2.05, 4.69) is 0 Å². The van der Waals surface area contributed by atoms with Gasteiger partial charge in [-0.05, 0) is 36.2 Å². The van der Waals surface area contributed by atoms with E-state index in [-0.39, 0.29) is 11.7 Å². The molecule has 0 aliphatic rings. The van der Waals surface area contributed by atoms with Crippen LogP contribution in [0, 0.1) is 0 Å². The van der Waals surface area contributed by atoms with Gasteiger partial charge in [0.15, 0.2) is 0 Å². The molecule has 0 amide bonds. The quantitative estimate of drug-likeness (QED) is 0.789. The first-order chi connectivity index (χ1) is 10.2. The topological polar surface area (TPSA) is 46.5 Å². The number of carboxylic acids is 1. The molecule has 0 aliphatic heterocycles. The van der Waals surface area contributed by atoms with Crippen LogP contribution >= 0.6 is 11.8 Å². The zero-order valence-electron chi connectivity index (χ0n) is 11.9. The van der Waals surface area contributed by atoms with E-state index in [4.69, 9.17) is 9.84 Å². The van der Waals surface area contributed by atoms with Crippen molar-refractivity contribution in [3.05, 3.63) is 60.2 Å². The van der Waals surface area contributed by atoms with Gasteiger partial charge < -0.3 is 9.84 Å². The Bertz CT molecular complexity index is 566. The maximum Gasteiger partial charge on any atom is 0.304 e. The highest BCUT2D eigenvalue weighted by atomic mass is 32.2. The summed E-state index contributed by atoms with van der Waals surface area (Å²) in [6.45, 7) is 0. The number of methoxy groups -OCH3 is 1. The highest BCUT2D eigenvalue weighted by molar-refractivity contribution is 8.00. The van der Waals surface area contributed by atoms with Crippen LogP contribution < -0.4 is 4.74 Å². The van der Waals surface area contributed by atoms with Crippen LogP contribution in [0.1, 0.15) is 12.0 Å². The summed E-state index contributed by atoms with van der Waals surface area (Å²) in [7, 11) is 1.63. The maximum atomic E-state index is 11.1. The van der Waals surface area contributed by atoms with Crippen LogP contribution in [0.3, 0.4) is 0 Å². The van der Waals surface area contributed by atoms with Crippen LogP contribution in [0.4, 0.5) is 0 Å². The maximum absolute atomic E-state index is 11.1. The minimum Gasteiger partial charge on any atom is -0.497 e. The van der Waals surface area contributed by atoms with Crippen molar-refractivity contribution in [3.8, 4) is 5.75 Å². The van der Waals surface area contributed by atoms with Crippen molar-refractivity contribution >= 4 is 17.7 Å². The third kappa shape index (κ3) is 5.16. The van der Waals surface area contributed by atoms with Crippen molar-refractivity contribution in [3.63, 3.8) is 0 Å². The van der Waals surface area contributed by atoms with Gasteiger partial charge in [-0.2, -0.15) is 0 Å². The van der Waals surface area contributed by atoms with Gasteiger partial charge >= 0.3 is 5.97 Å². The number of hydrogen-bond donors (Lipinski definition) is 1. The van der Waals surface area contributed by atoms with Gasteiger partial charge in [0.05, 0.1) is 13.5 Å². The third-order valence-electron chi connectivity index (χ3n) is 3.07. The molecule has 0 heterocycles. The molecule has 0 spiro atoms. The van der Waals surface area contributed by atoms with Gasteiger partial charge in [0.2, 0.25) is 0 Å². The monoisotopic (exact) mass is 302 g/mol. The molecule has 0 saturated heterocycles. The van der Waals surface area contributed by atoms with Crippen LogP contribution in [0.25, 0.3) is 0 Å². The molecule has 1 unspecified atom stereocenters. The van der Waals surface area contributed by atoms with E-state index in [1.807, 2.05) is 54.6 Å². The fourth-order valence-corrected chi connectivity index (χ4v) is 3.25. The number of benzene rings is 2. The standard InChI is InChI=1S/C17H18O3S/c1-20-14-7-9-15(10-8-14)21-16(12-17(18)19)11-13-5-3-2-4-6-13/h2-10,16H,11-12H2,1H3,(H,18,19). The van der Waals surface area contributed by atoms with Crippen molar-refractivity contribution in [2.24, 2.45) is 0 Å². The molecular weight excluding hydrogens is 284 g/mol. The Morgan fingerprint density at radius 3 is 2.38 bits per heavy atom. The second kappa shape index (κ2) is 7.74. The van der Waals surface area contributed by atoms with E-state index in [0.717, 1.165) is 22.6 Å². The van der Waals surface area contributed by atoms with Crippen LogP contribution in [0.15, 0.2) is 59.5 Å². The first-order valence-electron chi connectivity index (χ1n) is 6.74. The SMILES string of the molecule is COc1ccc(SC(CC(=O)O)Cc2ccccc2)cc1. The summed E-state index contributed by atoms with van der Waals surface area (Å²) < 4.78 is 5.13. The van der Waals surface area contributed by atoms with Crippen molar-refractivity contribution in [1.29, 1.82) is 0 Å². The average Bonchev–Trinajstić information content (AvgIpc) is 2.48. The first kappa shape index (κ1) is 15.4. The minimum atomic E-state index is -0.767. The smallest absolute Gasteiger partial charge is 0.304 e. The zero-order chi connectivity index (χ0) is 15.1. The number of rotatable bonds is 7. The minimum absolute atomic E-state index is 0.0123. The van der Waals surface area contributed by atoms with E-state index >= 15 is 0 Å². The van der Waals surface area contributed by atoms with Crippen LogP contribution in [-0.4, -0.2) is 23.4 Å². The average molecular weight is 302 g/mol. The predicted molar refractivity (Wildman–Crippen MR) is 85.0 cm³/mol. The van der Waals surface area contributed by atoms with E-state index in [9.17, 15) is 4.79 Å². The fourth-order valence-electron chi connectivity index (χ4n) is 2.07. The summed E-state index contributed by atoms with van der Waals surface area (Å²) in [5.74, 6) is 0.0362. The number of ether oxygens (including phenoxy) is 1. The first-order valence-corrected chi connectivity index (χ1v) is 7.62. The lowest BCUT2D eigenvalue weighted by Gasteiger charge is -2.15. The molecule has 21 heavy (non-hydrogen) atoms. The summed E-state index contributed by atoms with van der Waals surface area (Å²) in [6, 6.07) is 17.7. The number of carbonyl (C=O) groups is 1. The van der Waals surface area contributed by atoms with Crippen LogP contribution in [0.2, 0.25) is 0 Å². The molecule has 2 aromatic carbocycles. The molecule has 110 valence electrons. The van der Waals surface area contributed by atoms with Crippen molar-refractivity contribution in [2.75, 3.05) is 7.11 Å². The molecule has 0 saturated carbocycles. The lowest BCUT2D eigenvalue weighted by atomic mass is 10.1. The Morgan fingerprint density at radius 2 is 1.81 bits per heavy atom. The summed E-state index contributed by atoms with van der Waals surface area (Å²) >= 11 is 1.59. The van der Waals surface area contributed by atoms with Gasteiger partial charge in [0.25, 0.3) is 0 Å². The highest BCUT2D eigenvalue weighted by Gasteiger charge is 2.15. The van der Waals surface area contributed by atoms with Gasteiger partial charge in [-0.15, -0.1) is 11.8 Å². The molecule has 2 aromatic rings. The second-order valence-corrected chi connectivity index (χ2v) is 6.08. The van der Waals surface area contributed by atoms with Gasteiger partial charge in [0, 0.05) is 10.1 Å². The molecule has 3 nitrogen and oxygen atoms in total. The molecule has 0 aromatic heterocycles. The van der Waals surface area contributed by atoms with Crippen molar-refractivity contribution in [1.82, 2.24) is 0 Å². The molecule has 0 bridgehead atoms. The van der Waals surface area contributed by atoms with Gasteiger partial charge in [-0.1, -0.05) is 30.3 Å². The number of thioether (sulfide) groups is 1. The van der Waals surface area contributed by atoms with E-state index in [0.29, 0.717) is 0 Å². The van der Waals surface area contributed by atoms with Crippen molar-refractivity contribution in [2.45, 2.75) is 23.0 Å². The molecule has 4 heteroatoms. The molecule has 1 atom stereocenters. The molecule has 0 radical (unpaired) electrons. The molecule has 0 fully saturated rings. The normalized spacial score (nSPS) is 11.9. The third-order valence-corrected chi connectivity index (χ3v) is 4.28. The number of carboxylic acid groups (broad SMARTS) is 1. The molecule has 1 N–H and O–H groups in total. The van der Waals surface area contributed by atoms with Crippen molar-refractivity contribution < 1.29 is 14.6 Å². The Kier molecular flexibility index (Phi) is 5.69. The zero-order valence-corrected chi connectivity index (χ0v) is 12.7.